The molecule has 0 aliphatic carbocycles. The van der Waals surface area contributed by atoms with Crippen LogP contribution in [0.5, 0.6) is 0 Å². The average Bonchev–Trinajstić information content (AvgIpc) is 2.52. The molecule has 0 aromatic rings. The Morgan fingerprint density at radius 3 is 2.43 bits per heavy atom. The van der Waals surface area contributed by atoms with Gasteiger partial charge in [-0.3, -0.25) is 9.69 Å². The molecule has 1 heterocycles. The van der Waals surface area contributed by atoms with Gasteiger partial charge in [-0.05, 0) is 41.5 Å². The lowest BCUT2D eigenvalue weighted by molar-refractivity contribution is -0.119. The predicted octanol–water partition coefficient (Wildman–Crippen LogP) is 2.10. The second kappa shape index (κ2) is 6.40. The quantitative estimate of drug-likeness (QED) is 0.809. The number of amides is 2. The summed E-state index contributed by atoms with van der Waals surface area (Å²) in [5, 5.41) is 2.69. The first-order valence-corrected chi connectivity index (χ1v) is 7.54. The van der Waals surface area contributed by atoms with Crippen molar-refractivity contribution in [3.05, 3.63) is 0 Å². The van der Waals surface area contributed by atoms with E-state index in [0.29, 0.717) is 0 Å². The fourth-order valence-corrected chi connectivity index (χ4v) is 2.48. The van der Waals surface area contributed by atoms with E-state index in [1.54, 1.807) is 13.8 Å². The predicted molar refractivity (Wildman–Crippen MR) is 80.2 cm³/mol. The summed E-state index contributed by atoms with van der Waals surface area (Å²) in [6.45, 7) is 11.2. The Balaban J connectivity index is 2.87. The van der Waals surface area contributed by atoms with Crippen molar-refractivity contribution >= 4 is 23.6 Å². The van der Waals surface area contributed by atoms with Crippen LogP contribution in [0.25, 0.3) is 0 Å². The van der Waals surface area contributed by atoms with Crippen LogP contribution in [-0.2, 0) is 14.3 Å². The molecule has 7 heteroatoms. The van der Waals surface area contributed by atoms with E-state index in [0.717, 1.165) is 0 Å². The van der Waals surface area contributed by atoms with Crippen LogP contribution in [0, 0.1) is 0 Å². The molecular formula is C14H25ClN2O4. The van der Waals surface area contributed by atoms with E-state index in [1.165, 1.54) is 4.90 Å². The second-order valence-corrected chi connectivity index (χ2v) is 6.89. The maximum atomic E-state index is 12.4. The minimum absolute atomic E-state index is 0.113. The molecule has 1 rings (SSSR count). The number of nitrogens with zero attached hydrogens (tertiary/aromatic N) is 1. The molecule has 122 valence electrons. The molecule has 0 spiro atoms. The highest BCUT2D eigenvalue weighted by Crippen LogP contribution is 2.33. The fraction of sp³-hybridized carbons (Fsp3) is 0.857. The molecule has 0 saturated carbocycles. The summed E-state index contributed by atoms with van der Waals surface area (Å²) in [4.78, 5) is 25.3. The number of halogens is 1. The molecule has 0 bridgehead atoms. The molecule has 0 aromatic carbocycles. The van der Waals surface area contributed by atoms with Crippen molar-refractivity contribution in [1.82, 2.24) is 10.2 Å². The van der Waals surface area contributed by atoms with Crippen molar-refractivity contribution in [2.45, 2.75) is 65.0 Å². The Kier molecular flexibility index (Phi) is 5.50. The highest BCUT2D eigenvalue weighted by Gasteiger charge is 2.49. The molecule has 0 aromatic heterocycles. The van der Waals surface area contributed by atoms with Crippen LogP contribution in [0.2, 0.25) is 0 Å². The van der Waals surface area contributed by atoms with Crippen LogP contribution in [0.15, 0.2) is 0 Å². The van der Waals surface area contributed by atoms with Crippen LogP contribution in [0.1, 0.15) is 41.5 Å². The Labute approximate surface area is 131 Å². The molecule has 1 N–H and O–H groups in total. The third kappa shape index (κ3) is 4.74. The number of carbonyl (C=O) groups excluding carboxylic acids is 2. The molecule has 1 saturated heterocycles. The van der Waals surface area contributed by atoms with Gasteiger partial charge in [-0.25, -0.2) is 4.79 Å². The van der Waals surface area contributed by atoms with Gasteiger partial charge in [0.25, 0.3) is 0 Å². The lowest BCUT2D eigenvalue weighted by Crippen LogP contribution is -2.53. The van der Waals surface area contributed by atoms with Gasteiger partial charge in [-0.15, -0.1) is 11.6 Å². The smallest absolute Gasteiger partial charge is 0.412 e. The molecule has 21 heavy (non-hydrogen) atoms. The van der Waals surface area contributed by atoms with Gasteiger partial charge in [0.2, 0.25) is 5.91 Å². The van der Waals surface area contributed by atoms with E-state index in [4.69, 9.17) is 21.1 Å². The molecule has 0 radical (unpaired) electrons. The van der Waals surface area contributed by atoms with Crippen molar-refractivity contribution in [3.63, 3.8) is 0 Å². The third-order valence-electron chi connectivity index (χ3n) is 3.15. The first-order valence-electron chi connectivity index (χ1n) is 7.01. The summed E-state index contributed by atoms with van der Waals surface area (Å²) in [5.74, 6) is -0.393. The van der Waals surface area contributed by atoms with E-state index in [-0.39, 0.29) is 30.5 Å². The SMILES string of the molecule is CC1OC(C)(C)N(C(=O)OC(C)(C)C)C1CNC(=O)CCl. The fourth-order valence-electron chi connectivity index (χ4n) is 2.39. The van der Waals surface area contributed by atoms with Crippen LogP contribution in [0.4, 0.5) is 4.79 Å². The minimum Gasteiger partial charge on any atom is -0.444 e. The van der Waals surface area contributed by atoms with Gasteiger partial charge in [0.15, 0.2) is 0 Å². The number of rotatable bonds is 3. The van der Waals surface area contributed by atoms with Crippen molar-refractivity contribution < 1.29 is 19.1 Å². The zero-order valence-electron chi connectivity index (χ0n) is 13.5. The maximum absolute atomic E-state index is 12.4. The van der Waals surface area contributed by atoms with Gasteiger partial charge in [0.1, 0.15) is 17.2 Å². The molecule has 1 aliphatic rings. The van der Waals surface area contributed by atoms with E-state index in [9.17, 15) is 9.59 Å². The maximum Gasteiger partial charge on any atom is 0.412 e. The summed E-state index contributed by atoms with van der Waals surface area (Å²) in [5.41, 5.74) is -1.39. The Morgan fingerprint density at radius 2 is 1.95 bits per heavy atom. The molecule has 1 aliphatic heterocycles. The first-order chi connectivity index (χ1) is 9.48. The monoisotopic (exact) mass is 320 g/mol. The zero-order valence-corrected chi connectivity index (χ0v) is 14.3. The van der Waals surface area contributed by atoms with E-state index in [2.05, 4.69) is 5.32 Å². The van der Waals surface area contributed by atoms with Gasteiger partial charge < -0.3 is 14.8 Å². The molecule has 1 fully saturated rings. The number of alkyl halides is 1. The van der Waals surface area contributed by atoms with Crippen LogP contribution >= 0.6 is 11.6 Å². The van der Waals surface area contributed by atoms with Crippen LogP contribution in [-0.4, -0.2) is 52.8 Å². The lowest BCUT2D eigenvalue weighted by atomic mass is 10.1. The number of carbonyl (C=O) groups is 2. The highest BCUT2D eigenvalue weighted by molar-refractivity contribution is 6.27. The number of nitrogens with one attached hydrogen (secondary N) is 1. The van der Waals surface area contributed by atoms with Gasteiger partial charge in [-0.1, -0.05) is 0 Å². The van der Waals surface area contributed by atoms with Crippen molar-refractivity contribution in [2.24, 2.45) is 0 Å². The van der Waals surface area contributed by atoms with Crippen molar-refractivity contribution in [3.8, 4) is 0 Å². The van der Waals surface area contributed by atoms with Crippen molar-refractivity contribution in [2.75, 3.05) is 12.4 Å². The number of hydrogen-bond donors (Lipinski definition) is 1. The van der Waals surface area contributed by atoms with Crippen LogP contribution < -0.4 is 5.32 Å². The third-order valence-corrected chi connectivity index (χ3v) is 3.39. The molecule has 2 atom stereocenters. The highest BCUT2D eigenvalue weighted by atomic mass is 35.5. The number of hydrogen-bond acceptors (Lipinski definition) is 4. The summed E-state index contributed by atoms with van der Waals surface area (Å²) in [7, 11) is 0. The minimum atomic E-state index is -0.794. The van der Waals surface area contributed by atoms with Gasteiger partial charge in [0.05, 0.1) is 12.1 Å². The summed E-state index contributed by atoms with van der Waals surface area (Å²) < 4.78 is 11.3. The average molecular weight is 321 g/mol. The normalized spacial score (nSPS) is 24.8. The standard InChI is InChI=1S/C14H25ClN2O4/c1-9-10(8-16-11(18)7-15)17(14(5,6)20-9)12(19)21-13(2,3)4/h9-10H,7-8H2,1-6H3,(H,16,18). The van der Waals surface area contributed by atoms with E-state index < -0.39 is 17.4 Å². The van der Waals surface area contributed by atoms with E-state index >= 15 is 0 Å². The summed E-state index contributed by atoms with van der Waals surface area (Å²) in [6.07, 6.45) is -0.676. The second-order valence-electron chi connectivity index (χ2n) is 6.63. The molecular weight excluding hydrogens is 296 g/mol. The van der Waals surface area contributed by atoms with Gasteiger partial charge in [-0.2, -0.15) is 0 Å². The van der Waals surface area contributed by atoms with Gasteiger partial charge >= 0.3 is 6.09 Å². The molecule has 2 amide bonds. The summed E-state index contributed by atoms with van der Waals surface area (Å²) >= 11 is 5.47. The Morgan fingerprint density at radius 1 is 1.38 bits per heavy atom. The molecule has 6 nitrogen and oxygen atoms in total. The Hall–Kier alpha value is -1.01. The van der Waals surface area contributed by atoms with E-state index in [1.807, 2.05) is 27.7 Å². The summed E-state index contributed by atoms with van der Waals surface area (Å²) in [6, 6.07) is -0.304. The largest absolute Gasteiger partial charge is 0.444 e. The topological polar surface area (TPSA) is 67.9 Å². The zero-order chi connectivity index (χ0) is 16.4. The first kappa shape index (κ1) is 18.0. The Bertz CT molecular complexity index is 406. The van der Waals surface area contributed by atoms with Crippen molar-refractivity contribution in [1.29, 1.82) is 0 Å². The number of ether oxygens (including phenoxy) is 2. The van der Waals surface area contributed by atoms with Crippen LogP contribution in [0.3, 0.4) is 0 Å². The lowest BCUT2D eigenvalue weighted by Gasteiger charge is -2.35. The molecule has 2 unspecified atom stereocenters. The van der Waals surface area contributed by atoms with Gasteiger partial charge in [0, 0.05) is 6.54 Å².